The van der Waals surface area contributed by atoms with Crippen LogP contribution in [-0.4, -0.2) is 30.1 Å². The van der Waals surface area contributed by atoms with Crippen molar-refractivity contribution in [3.63, 3.8) is 0 Å². The van der Waals surface area contributed by atoms with E-state index in [1.54, 1.807) is 24.3 Å². The fraction of sp³-hybridized carbons (Fsp3) is 0.353. The summed E-state index contributed by atoms with van der Waals surface area (Å²) in [6.45, 7) is 4.17. The van der Waals surface area contributed by atoms with E-state index in [1.807, 2.05) is 0 Å². The van der Waals surface area contributed by atoms with Crippen molar-refractivity contribution < 1.29 is 27.5 Å². The molecule has 4 nitrogen and oxygen atoms in total. The minimum absolute atomic E-state index is 0.127. The fourth-order valence-corrected chi connectivity index (χ4v) is 6.65. The van der Waals surface area contributed by atoms with E-state index in [0.717, 1.165) is 5.39 Å². The van der Waals surface area contributed by atoms with Crippen molar-refractivity contribution in [3.8, 4) is 0 Å². The van der Waals surface area contributed by atoms with Gasteiger partial charge in [0.1, 0.15) is 0 Å². The summed E-state index contributed by atoms with van der Waals surface area (Å²) in [4.78, 5) is 22.7. The minimum atomic E-state index is -5.42. The van der Waals surface area contributed by atoms with Gasteiger partial charge >= 0.3 is 153 Å². The average molecular weight is 437 g/mol. The van der Waals surface area contributed by atoms with E-state index in [0.29, 0.717) is 10.9 Å². The molecule has 2 aromatic carbocycles. The van der Waals surface area contributed by atoms with Gasteiger partial charge in [0.05, 0.1) is 0 Å². The van der Waals surface area contributed by atoms with E-state index in [2.05, 4.69) is 15.9 Å². The molecular weight excluding hydrogens is 417 g/mol. The van der Waals surface area contributed by atoms with Crippen molar-refractivity contribution in [3.05, 3.63) is 40.4 Å². The third-order valence-corrected chi connectivity index (χ3v) is 8.28. The van der Waals surface area contributed by atoms with Crippen molar-refractivity contribution in [1.82, 2.24) is 0 Å². The second-order valence-corrected chi connectivity index (χ2v) is 9.71. The molecule has 8 heteroatoms. The standard InChI is InChI=1S/C17H20BrF2O4P/c1-4-23-25(22,17(19)20,24-5-2)16-10-14-8-12(11(3)21)6-7-13(14)9-15(16)18/h6-10,17,22H,4-5H2,1-3H3. The van der Waals surface area contributed by atoms with Crippen LogP contribution in [0.2, 0.25) is 0 Å². The van der Waals surface area contributed by atoms with Crippen LogP contribution in [0.25, 0.3) is 10.8 Å². The van der Waals surface area contributed by atoms with E-state index in [9.17, 15) is 18.5 Å². The number of fused-ring (bicyclic) bond motifs is 1. The predicted octanol–water partition coefficient (Wildman–Crippen LogP) is 5.02. The second kappa shape index (κ2) is 7.33. The van der Waals surface area contributed by atoms with Crippen LogP contribution < -0.4 is 5.30 Å². The van der Waals surface area contributed by atoms with Gasteiger partial charge in [0.25, 0.3) is 0 Å². The first-order valence-corrected chi connectivity index (χ1v) is 10.6. The quantitative estimate of drug-likeness (QED) is 0.489. The van der Waals surface area contributed by atoms with Gasteiger partial charge in [-0.25, -0.2) is 0 Å². The molecule has 0 aliphatic carbocycles. The summed E-state index contributed by atoms with van der Waals surface area (Å²) in [6, 6.07) is 7.98. The Bertz CT molecular complexity index is 807. The molecule has 0 fully saturated rings. The first kappa shape index (κ1) is 20.3. The fourth-order valence-electron chi connectivity index (χ4n) is 2.69. The van der Waals surface area contributed by atoms with Gasteiger partial charge < -0.3 is 0 Å². The number of alkyl halides is 2. The molecular formula is C17H20BrF2O4P. The molecule has 25 heavy (non-hydrogen) atoms. The number of hydrogen-bond donors (Lipinski definition) is 1. The van der Waals surface area contributed by atoms with Crippen LogP contribution in [0, 0.1) is 0 Å². The summed E-state index contributed by atoms with van der Waals surface area (Å²) in [5.74, 6) is -0.142. The topological polar surface area (TPSA) is 55.8 Å². The summed E-state index contributed by atoms with van der Waals surface area (Å²) in [5.41, 5.74) is 0.448. The molecule has 0 bridgehead atoms. The first-order chi connectivity index (χ1) is 11.7. The number of halogens is 3. The predicted molar refractivity (Wildman–Crippen MR) is 99.7 cm³/mol. The maximum atomic E-state index is 14.1. The Morgan fingerprint density at radius 2 is 1.76 bits per heavy atom. The van der Waals surface area contributed by atoms with Crippen LogP contribution in [0.3, 0.4) is 0 Å². The molecule has 0 heterocycles. The van der Waals surface area contributed by atoms with Gasteiger partial charge in [-0.1, -0.05) is 0 Å². The van der Waals surface area contributed by atoms with Gasteiger partial charge in [0.15, 0.2) is 0 Å². The Morgan fingerprint density at radius 3 is 2.24 bits per heavy atom. The number of carbonyl (C=O) groups is 1. The van der Waals surface area contributed by atoms with E-state index < -0.39 is 13.5 Å². The second-order valence-electron chi connectivity index (χ2n) is 5.51. The Labute approximate surface area is 153 Å². The molecule has 0 radical (unpaired) electrons. The van der Waals surface area contributed by atoms with Crippen molar-refractivity contribution in [2.45, 2.75) is 26.9 Å². The van der Waals surface area contributed by atoms with Gasteiger partial charge in [-0.15, -0.1) is 0 Å². The van der Waals surface area contributed by atoms with Gasteiger partial charge in [0.2, 0.25) is 0 Å². The van der Waals surface area contributed by atoms with Gasteiger partial charge in [-0.3, -0.25) is 0 Å². The van der Waals surface area contributed by atoms with Crippen molar-refractivity contribution >= 4 is 45.1 Å². The molecule has 0 aromatic heterocycles. The molecule has 0 aliphatic heterocycles. The van der Waals surface area contributed by atoms with Crippen molar-refractivity contribution in [2.24, 2.45) is 0 Å². The molecule has 0 unspecified atom stereocenters. The molecule has 0 amide bonds. The number of hydrogen-bond acceptors (Lipinski definition) is 4. The zero-order chi connectivity index (χ0) is 18.9. The molecule has 2 aromatic rings. The average Bonchev–Trinajstić information content (AvgIpc) is 2.54. The molecule has 0 aliphatic rings. The van der Waals surface area contributed by atoms with E-state index in [1.165, 1.54) is 26.8 Å². The van der Waals surface area contributed by atoms with Crippen LogP contribution in [0.15, 0.2) is 34.8 Å². The normalized spacial score (nSPS) is 13.8. The molecule has 2 rings (SSSR count). The summed E-state index contributed by atoms with van der Waals surface area (Å²) >= 11 is 3.26. The summed E-state index contributed by atoms with van der Waals surface area (Å²) < 4.78 is 38.9. The number of ketones is 1. The van der Waals surface area contributed by atoms with Crippen LogP contribution in [0.1, 0.15) is 31.1 Å². The number of rotatable bonds is 7. The Hall–Kier alpha value is -0.980. The Morgan fingerprint density at radius 1 is 1.16 bits per heavy atom. The van der Waals surface area contributed by atoms with Crippen LogP contribution >= 0.6 is 23.2 Å². The van der Waals surface area contributed by atoms with Gasteiger partial charge in [0, 0.05) is 0 Å². The Balaban J connectivity index is 2.82. The third kappa shape index (κ3) is 3.49. The summed E-state index contributed by atoms with van der Waals surface area (Å²) in [7, 11) is -5.42. The molecule has 138 valence electrons. The van der Waals surface area contributed by atoms with Crippen molar-refractivity contribution in [2.75, 3.05) is 13.2 Å². The van der Waals surface area contributed by atoms with E-state index in [4.69, 9.17) is 9.05 Å². The Kier molecular flexibility index (Phi) is 5.96. The molecule has 0 saturated heterocycles. The summed E-state index contributed by atoms with van der Waals surface area (Å²) in [6.07, 6.45) is -3.24. The zero-order valence-corrected chi connectivity index (χ0v) is 16.6. The molecule has 1 N–H and O–H groups in total. The third-order valence-electron chi connectivity index (χ3n) is 3.86. The monoisotopic (exact) mass is 436 g/mol. The summed E-state index contributed by atoms with van der Waals surface area (Å²) in [5, 5.41) is 1.14. The van der Waals surface area contributed by atoms with E-state index in [-0.39, 0.29) is 28.8 Å². The van der Waals surface area contributed by atoms with Gasteiger partial charge in [-0.05, 0) is 0 Å². The maximum absolute atomic E-state index is 14.1. The van der Waals surface area contributed by atoms with Gasteiger partial charge in [-0.2, -0.15) is 0 Å². The van der Waals surface area contributed by atoms with Crippen LogP contribution in [-0.2, 0) is 9.05 Å². The van der Waals surface area contributed by atoms with Crippen molar-refractivity contribution in [1.29, 1.82) is 0 Å². The number of Topliss-reactive ketones (excluding diaryl/α,β-unsaturated/α-hetero) is 1. The van der Waals surface area contributed by atoms with E-state index >= 15 is 0 Å². The molecule has 0 saturated carbocycles. The SMILES string of the molecule is CCOP(O)(OCC)(c1cc2cc(C(C)=O)ccc2cc1Br)C(F)F. The zero-order valence-electron chi connectivity index (χ0n) is 14.1. The van der Waals surface area contributed by atoms with Crippen LogP contribution in [0.5, 0.6) is 0 Å². The number of benzene rings is 2. The molecule has 0 spiro atoms. The molecule has 0 atom stereocenters. The van der Waals surface area contributed by atoms with Crippen LogP contribution in [0.4, 0.5) is 8.78 Å². The number of carbonyl (C=O) groups excluding carboxylic acids is 1. The first-order valence-electron chi connectivity index (χ1n) is 7.76.